The van der Waals surface area contributed by atoms with Crippen LogP contribution in [0.25, 0.3) is 0 Å². The predicted octanol–water partition coefficient (Wildman–Crippen LogP) is 3.41. The van der Waals surface area contributed by atoms with Gasteiger partial charge in [0.1, 0.15) is 0 Å². The largest absolute Gasteiger partial charge is 0.493 e. The van der Waals surface area contributed by atoms with E-state index in [1.54, 1.807) is 7.11 Å². The molecular weight excluding hydrogens is 330 g/mol. The number of guanidine groups is 1. The molecule has 6 nitrogen and oxygen atoms in total. The van der Waals surface area contributed by atoms with E-state index in [4.69, 9.17) is 14.5 Å². The van der Waals surface area contributed by atoms with E-state index in [9.17, 15) is 5.11 Å². The second kappa shape index (κ2) is 9.67. The van der Waals surface area contributed by atoms with Gasteiger partial charge in [-0.3, -0.25) is 4.99 Å². The Kier molecular flexibility index (Phi) is 7.57. The Morgan fingerprint density at radius 2 is 2.12 bits per heavy atom. The Hall–Kier alpha value is -1.95. The van der Waals surface area contributed by atoms with Crippen molar-refractivity contribution in [3.8, 4) is 11.5 Å². The van der Waals surface area contributed by atoms with Gasteiger partial charge in [0.05, 0.1) is 26.4 Å². The van der Waals surface area contributed by atoms with Gasteiger partial charge in [-0.1, -0.05) is 19.8 Å². The number of aliphatic imine (C=N–C) groups is 1. The average molecular weight is 364 g/mol. The molecule has 0 saturated heterocycles. The average Bonchev–Trinajstić information content (AvgIpc) is 2.63. The van der Waals surface area contributed by atoms with Crippen LogP contribution < -0.4 is 20.1 Å². The number of nitrogens with one attached hydrogen (secondary N) is 2. The van der Waals surface area contributed by atoms with Crippen molar-refractivity contribution >= 4 is 11.6 Å². The van der Waals surface area contributed by atoms with Gasteiger partial charge in [0, 0.05) is 23.7 Å². The van der Waals surface area contributed by atoms with E-state index in [-0.39, 0.29) is 11.5 Å². The minimum absolute atomic E-state index is 0.156. The van der Waals surface area contributed by atoms with Gasteiger partial charge in [0.25, 0.3) is 0 Å². The lowest BCUT2D eigenvalue weighted by molar-refractivity contribution is 0.00721. The van der Waals surface area contributed by atoms with Crippen LogP contribution in [-0.4, -0.2) is 44.0 Å². The summed E-state index contributed by atoms with van der Waals surface area (Å²) >= 11 is 0. The van der Waals surface area contributed by atoms with Crippen LogP contribution in [0.15, 0.2) is 23.2 Å². The number of nitrogens with zero attached hydrogens (tertiary/aromatic N) is 1. The summed E-state index contributed by atoms with van der Waals surface area (Å²) in [5, 5.41) is 17.0. The van der Waals surface area contributed by atoms with Crippen LogP contribution in [0, 0.1) is 5.41 Å². The van der Waals surface area contributed by atoms with Gasteiger partial charge >= 0.3 is 0 Å². The van der Waals surface area contributed by atoms with E-state index in [1.807, 2.05) is 32.0 Å². The molecule has 0 bridgehead atoms. The number of benzene rings is 1. The van der Waals surface area contributed by atoms with Crippen LogP contribution >= 0.6 is 0 Å². The fraction of sp³-hybridized carbons (Fsp3) is 0.650. The molecule has 1 aromatic carbocycles. The molecule has 2 unspecified atom stereocenters. The molecule has 6 heteroatoms. The molecule has 1 fully saturated rings. The third-order valence-corrected chi connectivity index (χ3v) is 4.95. The summed E-state index contributed by atoms with van der Waals surface area (Å²) in [6.45, 7) is 8.04. The van der Waals surface area contributed by atoms with Gasteiger partial charge in [-0.15, -0.1) is 0 Å². The van der Waals surface area contributed by atoms with Crippen molar-refractivity contribution in [2.75, 3.05) is 32.1 Å². The minimum atomic E-state index is -0.284. The molecule has 2 rings (SSSR count). The topological polar surface area (TPSA) is 75.1 Å². The Labute approximate surface area is 157 Å². The molecular formula is C20H33N3O3. The van der Waals surface area contributed by atoms with Gasteiger partial charge in [0.2, 0.25) is 0 Å². The van der Waals surface area contributed by atoms with Crippen molar-refractivity contribution in [1.29, 1.82) is 0 Å². The summed E-state index contributed by atoms with van der Waals surface area (Å²) in [7, 11) is 1.63. The van der Waals surface area contributed by atoms with Crippen molar-refractivity contribution < 1.29 is 14.6 Å². The zero-order valence-corrected chi connectivity index (χ0v) is 16.5. The normalized spacial score (nSPS) is 23.4. The Morgan fingerprint density at radius 3 is 2.77 bits per heavy atom. The van der Waals surface area contributed by atoms with Gasteiger partial charge in [0.15, 0.2) is 17.5 Å². The molecule has 0 spiro atoms. The summed E-state index contributed by atoms with van der Waals surface area (Å²) in [5.74, 6) is 2.11. The summed E-state index contributed by atoms with van der Waals surface area (Å²) in [4.78, 5) is 4.74. The standard InChI is InChI=1S/C20H33N3O3/c1-5-21-19(22-14-20(3)12-8-7-9-18(20)24)23-15-10-11-16(25-4)17(13-15)26-6-2/h10-11,13,18,24H,5-9,12,14H2,1-4H3,(H2,21,22,23). The van der Waals surface area contributed by atoms with E-state index in [1.165, 1.54) is 0 Å². The van der Waals surface area contributed by atoms with Crippen molar-refractivity contribution in [2.24, 2.45) is 10.4 Å². The second-order valence-electron chi connectivity index (χ2n) is 7.03. The zero-order chi connectivity index (χ0) is 19.0. The molecule has 1 aliphatic carbocycles. The van der Waals surface area contributed by atoms with E-state index in [0.29, 0.717) is 30.6 Å². The highest BCUT2D eigenvalue weighted by Crippen LogP contribution is 2.36. The van der Waals surface area contributed by atoms with Gasteiger partial charge in [-0.05, 0) is 38.8 Å². The van der Waals surface area contributed by atoms with E-state index in [0.717, 1.165) is 37.9 Å². The molecule has 0 aliphatic heterocycles. The first-order valence-electron chi connectivity index (χ1n) is 9.56. The maximum atomic E-state index is 10.4. The number of rotatable bonds is 7. The van der Waals surface area contributed by atoms with Gasteiger partial charge < -0.3 is 25.2 Å². The Morgan fingerprint density at radius 1 is 1.31 bits per heavy atom. The lowest BCUT2D eigenvalue weighted by Gasteiger charge is -2.37. The first-order valence-corrected chi connectivity index (χ1v) is 9.56. The van der Waals surface area contributed by atoms with Crippen molar-refractivity contribution in [3.05, 3.63) is 18.2 Å². The van der Waals surface area contributed by atoms with Crippen molar-refractivity contribution in [2.45, 2.75) is 52.6 Å². The second-order valence-corrected chi connectivity index (χ2v) is 7.03. The highest BCUT2D eigenvalue weighted by Gasteiger charge is 2.35. The van der Waals surface area contributed by atoms with E-state index in [2.05, 4.69) is 17.6 Å². The first kappa shape index (κ1) is 20.4. The predicted molar refractivity (Wildman–Crippen MR) is 106 cm³/mol. The van der Waals surface area contributed by atoms with Crippen molar-refractivity contribution in [1.82, 2.24) is 5.32 Å². The van der Waals surface area contributed by atoms with Crippen LogP contribution in [0.5, 0.6) is 11.5 Å². The molecule has 0 heterocycles. The van der Waals surface area contributed by atoms with E-state index < -0.39 is 0 Å². The molecule has 3 N–H and O–H groups in total. The fourth-order valence-electron chi connectivity index (χ4n) is 3.29. The lowest BCUT2D eigenvalue weighted by Crippen LogP contribution is -2.39. The van der Waals surface area contributed by atoms with Crippen LogP contribution in [-0.2, 0) is 0 Å². The summed E-state index contributed by atoms with van der Waals surface area (Å²) in [6, 6.07) is 5.72. The quantitative estimate of drug-likeness (QED) is 0.511. The van der Waals surface area contributed by atoms with Crippen LogP contribution in [0.1, 0.15) is 46.5 Å². The fourth-order valence-corrected chi connectivity index (χ4v) is 3.29. The zero-order valence-electron chi connectivity index (χ0n) is 16.5. The Balaban J connectivity index is 2.13. The van der Waals surface area contributed by atoms with Gasteiger partial charge in [-0.2, -0.15) is 0 Å². The number of ether oxygens (including phenoxy) is 2. The third-order valence-electron chi connectivity index (χ3n) is 4.95. The summed E-state index contributed by atoms with van der Waals surface area (Å²) in [5.41, 5.74) is 0.722. The lowest BCUT2D eigenvalue weighted by atomic mass is 9.73. The molecule has 0 radical (unpaired) electrons. The smallest absolute Gasteiger partial charge is 0.195 e. The highest BCUT2D eigenvalue weighted by atomic mass is 16.5. The van der Waals surface area contributed by atoms with E-state index >= 15 is 0 Å². The third kappa shape index (κ3) is 5.27. The number of hydrogen-bond donors (Lipinski definition) is 3. The maximum absolute atomic E-state index is 10.4. The maximum Gasteiger partial charge on any atom is 0.195 e. The number of anilines is 1. The molecule has 1 saturated carbocycles. The molecule has 146 valence electrons. The van der Waals surface area contributed by atoms with Crippen LogP contribution in [0.4, 0.5) is 5.69 Å². The van der Waals surface area contributed by atoms with Gasteiger partial charge in [-0.25, -0.2) is 0 Å². The van der Waals surface area contributed by atoms with Crippen molar-refractivity contribution in [3.63, 3.8) is 0 Å². The first-order chi connectivity index (χ1) is 12.5. The number of hydrogen-bond acceptors (Lipinski definition) is 4. The van der Waals surface area contributed by atoms with Crippen LogP contribution in [0.2, 0.25) is 0 Å². The summed E-state index contributed by atoms with van der Waals surface area (Å²) < 4.78 is 11.0. The van der Waals surface area contributed by atoms with Crippen LogP contribution in [0.3, 0.4) is 0 Å². The molecule has 0 amide bonds. The molecule has 1 aromatic rings. The Bertz CT molecular complexity index is 606. The number of aliphatic hydroxyl groups is 1. The number of aliphatic hydroxyl groups excluding tert-OH is 1. The molecule has 26 heavy (non-hydrogen) atoms. The SMILES string of the molecule is CCNC(=NCC1(C)CCCCC1O)Nc1ccc(OC)c(OCC)c1. The molecule has 1 aliphatic rings. The molecule has 2 atom stereocenters. The highest BCUT2D eigenvalue weighted by molar-refractivity contribution is 5.93. The monoisotopic (exact) mass is 363 g/mol. The minimum Gasteiger partial charge on any atom is -0.493 e. The molecule has 0 aromatic heterocycles. The summed E-state index contributed by atoms with van der Waals surface area (Å²) in [6.07, 6.45) is 3.85. The number of methoxy groups -OCH3 is 1.